The Morgan fingerprint density at radius 2 is 2.21 bits per heavy atom. The van der Waals surface area contributed by atoms with E-state index < -0.39 is 5.54 Å². The molecule has 0 spiro atoms. The summed E-state index contributed by atoms with van der Waals surface area (Å²) in [7, 11) is 0. The van der Waals surface area contributed by atoms with Crippen LogP contribution in [-0.2, 0) is 17.8 Å². The number of nitrogens with zero attached hydrogens (tertiary/aromatic N) is 3. The van der Waals surface area contributed by atoms with Gasteiger partial charge in [-0.25, -0.2) is 14.8 Å². The number of aromatic nitrogens is 2. The zero-order valence-corrected chi connectivity index (χ0v) is 18.0. The maximum atomic E-state index is 12.2. The van der Waals surface area contributed by atoms with Crippen molar-refractivity contribution in [1.82, 2.24) is 25.5 Å². The molecule has 2 aliphatic heterocycles. The number of hydrogen-bond acceptors (Lipinski definition) is 7. The van der Waals surface area contributed by atoms with Crippen molar-refractivity contribution in [1.29, 1.82) is 0 Å². The first kappa shape index (κ1) is 19.3. The fourth-order valence-corrected chi connectivity index (χ4v) is 5.02. The van der Waals surface area contributed by atoms with E-state index >= 15 is 0 Å². The van der Waals surface area contributed by atoms with Crippen molar-refractivity contribution in [3.05, 3.63) is 27.2 Å². The molecule has 1 fully saturated rings. The third kappa shape index (κ3) is 3.63. The average molecular weight is 465 g/mol. The van der Waals surface area contributed by atoms with Crippen LogP contribution in [0.2, 0.25) is 0 Å². The van der Waals surface area contributed by atoms with Crippen molar-refractivity contribution in [2.24, 2.45) is 0 Å². The third-order valence-corrected chi connectivity index (χ3v) is 6.61. The maximum Gasteiger partial charge on any atom is 0.325 e. The van der Waals surface area contributed by atoms with Crippen molar-refractivity contribution in [2.75, 3.05) is 25.0 Å². The first-order valence-electron chi connectivity index (χ1n) is 9.08. The Bertz CT molecular complexity index is 921. The van der Waals surface area contributed by atoms with E-state index in [1.54, 1.807) is 31.4 Å². The molecule has 2 aromatic heterocycles. The molecule has 3 N–H and O–H groups in total. The minimum atomic E-state index is -0.856. The molecule has 148 valence electrons. The lowest BCUT2D eigenvalue weighted by molar-refractivity contribution is -0.130. The lowest BCUT2D eigenvalue weighted by Crippen LogP contribution is -2.40. The molecule has 2 aromatic rings. The normalized spacial score (nSPS) is 18.2. The molecule has 4 heterocycles. The molecule has 3 amide bonds. The van der Waals surface area contributed by atoms with E-state index in [-0.39, 0.29) is 18.5 Å². The van der Waals surface area contributed by atoms with Gasteiger partial charge in [-0.15, -0.1) is 11.3 Å². The minimum absolute atomic E-state index is 0.227. The lowest BCUT2D eigenvalue weighted by atomic mass is 10.1. The maximum absolute atomic E-state index is 12.2. The molecule has 0 saturated carbocycles. The number of urea groups is 1. The molecular formula is C18H21BrN6O2S. The molecule has 0 atom stereocenters. The van der Waals surface area contributed by atoms with E-state index in [2.05, 4.69) is 47.9 Å². The molecule has 4 rings (SSSR count). The van der Waals surface area contributed by atoms with E-state index in [0.717, 1.165) is 34.6 Å². The molecular weight excluding hydrogens is 444 g/mol. The zero-order valence-electron chi connectivity index (χ0n) is 15.6. The van der Waals surface area contributed by atoms with Crippen molar-refractivity contribution >= 4 is 45.2 Å². The summed E-state index contributed by atoms with van der Waals surface area (Å²) in [5.74, 6) is 0.239. The van der Waals surface area contributed by atoms with Crippen LogP contribution < -0.4 is 16.0 Å². The van der Waals surface area contributed by atoms with Crippen LogP contribution in [0.25, 0.3) is 10.6 Å². The number of hydrogen-bond donors (Lipinski definition) is 3. The third-order valence-electron chi connectivity index (χ3n) is 4.78. The number of rotatable bonds is 5. The molecule has 0 aromatic carbocycles. The largest absolute Gasteiger partial charge is 0.352 e. The van der Waals surface area contributed by atoms with Gasteiger partial charge < -0.3 is 16.0 Å². The number of imide groups is 1. The highest BCUT2D eigenvalue weighted by molar-refractivity contribution is 9.10. The number of amides is 3. The molecule has 1 saturated heterocycles. The van der Waals surface area contributed by atoms with Gasteiger partial charge in [0.2, 0.25) is 5.95 Å². The SMILES string of the molecule is CC1(C)NC(=O)N(CCNc2ncc(Br)c(-c3cc4c(s3)CCNC4)n2)C1=O. The van der Waals surface area contributed by atoms with Crippen molar-refractivity contribution in [3.63, 3.8) is 0 Å². The number of anilines is 1. The van der Waals surface area contributed by atoms with Crippen molar-refractivity contribution in [2.45, 2.75) is 32.4 Å². The minimum Gasteiger partial charge on any atom is -0.352 e. The summed E-state index contributed by atoms with van der Waals surface area (Å²) in [5, 5.41) is 9.17. The van der Waals surface area contributed by atoms with Gasteiger partial charge in [-0.1, -0.05) is 0 Å². The Labute approximate surface area is 175 Å². The van der Waals surface area contributed by atoms with Crippen molar-refractivity contribution < 1.29 is 9.59 Å². The van der Waals surface area contributed by atoms with E-state index in [1.165, 1.54) is 15.3 Å². The summed E-state index contributed by atoms with van der Waals surface area (Å²) < 4.78 is 0.834. The summed E-state index contributed by atoms with van der Waals surface area (Å²) in [5.41, 5.74) is 1.31. The number of carbonyl (C=O) groups is 2. The number of thiophene rings is 1. The Kier molecular flexibility index (Phi) is 5.11. The van der Waals surface area contributed by atoms with Gasteiger partial charge >= 0.3 is 6.03 Å². The summed E-state index contributed by atoms with van der Waals surface area (Å²) in [4.78, 5) is 36.8. The molecule has 10 heteroatoms. The van der Waals surface area contributed by atoms with Gasteiger partial charge in [0.05, 0.1) is 15.0 Å². The Hall–Kier alpha value is -2.04. The average Bonchev–Trinajstić information content (AvgIpc) is 3.16. The predicted molar refractivity (Wildman–Crippen MR) is 111 cm³/mol. The van der Waals surface area contributed by atoms with Gasteiger partial charge in [0.15, 0.2) is 0 Å². The summed E-state index contributed by atoms with van der Waals surface area (Å²) in [6.45, 7) is 5.91. The number of carbonyl (C=O) groups excluding carboxylic acids is 2. The summed E-state index contributed by atoms with van der Waals surface area (Å²) in [6.07, 6.45) is 2.76. The second-order valence-corrected chi connectivity index (χ2v) is 9.31. The van der Waals surface area contributed by atoms with Crippen LogP contribution >= 0.6 is 27.3 Å². The fourth-order valence-electron chi connectivity index (χ4n) is 3.29. The number of nitrogens with one attached hydrogen (secondary N) is 3. The summed E-state index contributed by atoms with van der Waals surface area (Å²) >= 11 is 5.31. The van der Waals surface area contributed by atoms with Gasteiger partial charge in [-0.2, -0.15) is 0 Å². The Morgan fingerprint density at radius 3 is 2.93 bits per heavy atom. The first-order valence-corrected chi connectivity index (χ1v) is 10.7. The molecule has 0 aliphatic carbocycles. The standard InChI is InChI=1S/C18H21BrN6O2S/c1-18(2)15(26)25(17(27)24-18)6-5-21-16-22-9-11(19)14(23-16)13-7-10-8-20-4-3-12(10)28-13/h7,9,20H,3-6,8H2,1-2H3,(H,24,27)(H,21,22,23). The highest BCUT2D eigenvalue weighted by Crippen LogP contribution is 2.35. The molecule has 8 nitrogen and oxygen atoms in total. The quantitative estimate of drug-likeness (QED) is 0.587. The molecule has 0 radical (unpaired) electrons. The van der Waals surface area contributed by atoms with Gasteiger partial charge in [-0.05, 0) is 47.8 Å². The summed E-state index contributed by atoms with van der Waals surface area (Å²) in [6, 6.07) is 1.81. The Balaban J connectivity index is 1.45. The highest BCUT2D eigenvalue weighted by atomic mass is 79.9. The van der Waals surface area contributed by atoms with Gasteiger partial charge in [0.25, 0.3) is 5.91 Å². The number of halogens is 1. The van der Waals surface area contributed by atoms with Gasteiger partial charge in [0.1, 0.15) is 5.54 Å². The van der Waals surface area contributed by atoms with Crippen LogP contribution in [0.3, 0.4) is 0 Å². The molecule has 0 bridgehead atoms. The van der Waals surface area contributed by atoms with Crippen LogP contribution in [0.15, 0.2) is 16.7 Å². The van der Waals surface area contributed by atoms with Crippen LogP contribution in [0.1, 0.15) is 24.3 Å². The molecule has 0 unspecified atom stereocenters. The van der Waals surface area contributed by atoms with Crippen molar-refractivity contribution in [3.8, 4) is 10.6 Å². The van der Waals surface area contributed by atoms with Gasteiger partial charge in [-0.3, -0.25) is 9.69 Å². The molecule has 28 heavy (non-hydrogen) atoms. The second kappa shape index (κ2) is 7.41. The topological polar surface area (TPSA) is 99.2 Å². The fraction of sp³-hybridized carbons (Fsp3) is 0.444. The molecule has 2 aliphatic rings. The number of fused-ring (bicyclic) bond motifs is 1. The lowest BCUT2D eigenvalue weighted by Gasteiger charge is -2.16. The predicted octanol–water partition coefficient (Wildman–Crippen LogP) is 2.36. The van der Waals surface area contributed by atoms with Gasteiger partial charge in [0, 0.05) is 37.3 Å². The zero-order chi connectivity index (χ0) is 19.9. The van der Waals surface area contributed by atoms with Crippen LogP contribution in [0, 0.1) is 0 Å². The van der Waals surface area contributed by atoms with Crippen LogP contribution in [-0.4, -0.2) is 52.0 Å². The van der Waals surface area contributed by atoms with E-state index in [1.807, 2.05) is 0 Å². The van der Waals surface area contributed by atoms with E-state index in [9.17, 15) is 9.59 Å². The van der Waals surface area contributed by atoms with E-state index in [4.69, 9.17) is 0 Å². The van der Waals surface area contributed by atoms with Crippen LogP contribution in [0.5, 0.6) is 0 Å². The first-order chi connectivity index (χ1) is 13.3. The second-order valence-electron chi connectivity index (χ2n) is 7.31. The van der Waals surface area contributed by atoms with Crippen LogP contribution in [0.4, 0.5) is 10.7 Å². The highest BCUT2D eigenvalue weighted by Gasteiger charge is 2.43. The van der Waals surface area contributed by atoms with E-state index in [0.29, 0.717) is 12.5 Å². The smallest absolute Gasteiger partial charge is 0.325 e. The monoisotopic (exact) mass is 464 g/mol. The Morgan fingerprint density at radius 1 is 1.39 bits per heavy atom.